The number of nitrogens with zero attached hydrogens (tertiary/aromatic N) is 2. The van der Waals surface area contributed by atoms with Crippen molar-refractivity contribution in [1.82, 2.24) is 15.6 Å². The van der Waals surface area contributed by atoms with Gasteiger partial charge in [0.15, 0.2) is 5.96 Å². The van der Waals surface area contributed by atoms with E-state index in [1.165, 1.54) is 0 Å². The van der Waals surface area contributed by atoms with E-state index in [2.05, 4.69) is 34.5 Å². The first kappa shape index (κ1) is 20.5. The molecule has 0 aromatic carbocycles. The monoisotopic (exact) mass is 378 g/mol. The molecule has 0 saturated carbocycles. The van der Waals surface area contributed by atoms with Crippen LogP contribution in [-0.2, 0) is 6.54 Å². The standard InChI is InChI=1S/C19H30N4O2S/c1-4-9-19(24,10-5-2)14-22-18(20-6-3)21-12-15-13-25-17(23-15)16-8-7-11-26-16/h7-8,11,13,24H,4-6,9-10,12,14H2,1-3H3,(H2,20,21,22). The van der Waals surface area contributed by atoms with Crippen LogP contribution in [0.1, 0.15) is 52.1 Å². The molecular formula is C19H30N4O2S. The van der Waals surface area contributed by atoms with Crippen molar-refractivity contribution in [3.8, 4) is 10.8 Å². The Morgan fingerprint density at radius 2 is 2.04 bits per heavy atom. The second kappa shape index (κ2) is 10.3. The Hall–Kier alpha value is -1.86. The SMILES string of the molecule is CCCC(O)(CCC)CNC(=NCc1coc(-c2cccs2)n1)NCC. The van der Waals surface area contributed by atoms with Gasteiger partial charge in [-0.1, -0.05) is 32.8 Å². The van der Waals surface area contributed by atoms with Crippen LogP contribution in [0.3, 0.4) is 0 Å². The number of hydrogen-bond acceptors (Lipinski definition) is 5. The molecule has 0 saturated heterocycles. The molecule has 0 atom stereocenters. The summed E-state index contributed by atoms with van der Waals surface area (Å²) in [6.45, 7) is 7.87. The molecule has 0 spiro atoms. The molecule has 2 heterocycles. The van der Waals surface area contributed by atoms with Crippen molar-refractivity contribution in [2.24, 2.45) is 4.99 Å². The zero-order valence-electron chi connectivity index (χ0n) is 15.9. The average molecular weight is 379 g/mol. The third-order valence-corrected chi connectivity index (χ3v) is 4.90. The van der Waals surface area contributed by atoms with Crippen LogP contribution in [-0.4, -0.2) is 34.7 Å². The van der Waals surface area contributed by atoms with Crippen LogP contribution in [0.4, 0.5) is 0 Å². The molecule has 0 aliphatic rings. The van der Waals surface area contributed by atoms with E-state index in [-0.39, 0.29) is 0 Å². The van der Waals surface area contributed by atoms with Crippen molar-refractivity contribution in [2.45, 2.75) is 58.6 Å². The van der Waals surface area contributed by atoms with Crippen LogP contribution in [0.2, 0.25) is 0 Å². The van der Waals surface area contributed by atoms with Gasteiger partial charge in [0.05, 0.1) is 17.0 Å². The molecule has 6 nitrogen and oxygen atoms in total. The van der Waals surface area contributed by atoms with Crippen LogP contribution >= 0.6 is 11.3 Å². The lowest BCUT2D eigenvalue weighted by atomic mass is 9.93. The van der Waals surface area contributed by atoms with E-state index < -0.39 is 5.60 Å². The molecular weight excluding hydrogens is 348 g/mol. The molecule has 0 unspecified atom stereocenters. The van der Waals surface area contributed by atoms with Crippen LogP contribution in [0.25, 0.3) is 10.8 Å². The van der Waals surface area contributed by atoms with E-state index in [4.69, 9.17) is 4.42 Å². The van der Waals surface area contributed by atoms with Gasteiger partial charge in [0.25, 0.3) is 0 Å². The predicted octanol–water partition coefficient (Wildman–Crippen LogP) is 3.79. The maximum atomic E-state index is 10.8. The van der Waals surface area contributed by atoms with E-state index in [9.17, 15) is 5.11 Å². The number of guanidine groups is 1. The van der Waals surface area contributed by atoms with Gasteiger partial charge in [0, 0.05) is 13.1 Å². The second-order valence-corrected chi connectivity index (χ2v) is 7.34. The average Bonchev–Trinajstić information content (AvgIpc) is 3.29. The fraction of sp³-hybridized carbons (Fsp3) is 0.579. The van der Waals surface area contributed by atoms with Crippen molar-refractivity contribution in [3.63, 3.8) is 0 Å². The fourth-order valence-corrected chi connectivity index (χ4v) is 3.53. The second-order valence-electron chi connectivity index (χ2n) is 6.39. The van der Waals surface area contributed by atoms with Crippen molar-refractivity contribution in [3.05, 3.63) is 29.5 Å². The summed E-state index contributed by atoms with van der Waals surface area (Å²) in [7, 11) is 0. The number of rotatable bonds is 10. The van der Waals surface area contributed by atoms with E-state index in [1.807, 2.05) is 24.4 Å². The predicted molar refractivity (Wildman–Crippen MR) is 107 cm³/mol. The lowest BCUT2D eigenvalue weighted by molar-refractivity contribution is 0.0257. The minimum absolute atomic E-state index is 0.421. The van der Waals surface area contributed by atoms with Crippen molar-refractivity contribution >= 4 is 17.3 Å². The molecule has 0 bridgehead atoms. The zero-order chi connectivity index (χ0) is 18.8. The van der Waals surface area contributed by atoms with Gasteiger partial charge >= 0.3 is 0 Å². The van der Waals surface area contributed by atoms with Gasteiger partial charge in [-0.05, 0) is 31.2 Å². The Bertz CT molecular complexity index is 661. The summed E-state index contributed by atoms with van der Waals surface area (Å²) in [5.41, 5.74) is 0.0860. The molecule has 0 aliphatic carbocycles. The Morgan fingerprint density at radius 1 is 1.27 bits per heavy atom. The van der Waals surface area contributed by atoms with Crippen LogP contribution in [0.5, 0.6) is 0 Å². The Labute approximate surface area is 159 Å². The normalized spacial score (nSPS) is 12.4. The van der Waals surface area contributed by atoms with Crippen molar-refractivity contribution in [2.75, 3.05) is 13.1 Å². The van der Waals surface area contributed by atoms with Gasteiger partial charge in [-0.15, -0.1) is 11.3 Å². The number of aromatic nitrogens is 1. The van der Waals surface area contributed by atoms with Crippen molar-refractivity contribution in [1.29, 1.82) is 0 Å². The summed E-state index contributed by atoms with van der Waals surface area (Å²) in [6.07, 6.45) is 5.11. The number of aliphatic hydroxyl groups is 1. The maximum Gasteiger partial charge on any atom is 0.236 e. The smallest absolute Gasteiger partial charge is 0.236 e. The first-order chi connectivity index (χ1) is 12.6. The number of thiophene rings is 1. The number of hydrogen-bond donors (Lipinski definition) is 3. The highest BCUT2D eigenvalue weighted by Crippen LogP contribution is 2.23. The van der Waals surface area contributed by atoms with Gasteiger partial charge in [0.2, 0.25) is 5.89 Å². The van der Waals surface area contributed by atoms with E-state index >= 15 is 0 Å². The Balaban J connectivity index is 1.97. The van der Waals surface area contributed by atoms with E-state index in [1.54, 1.807) is 17.6 Å². The Kier molecular flexibility index (Phi) is 8.12. The molecule has 2 aromatic heterocycles. The first-order valence-corrected chi connectivity index (χ1v) is 10.2. The Morgan fingerprint density at radius 3 is 2.65 bits per heavy atom. The summed E-state index contributed by atoms with van der Waals surface area (Å²) in [6, 6.07) is 3.96. The lowest BCUT2D eigenvalue weighted by Crippen LogP contribution is -2.47. The van der Waals surface area contributed by atoms with E-state index in [0.29, 0.717) is 24.9 Å². The minimum Gasteiger partial charge on any atom is -0.443 e. The highest BCUT2D eigenvalue weighted by atomic mass is 32.1. The third-order valence-electron chi connectivity index (χ3n) is 4.04. The van der Waals surface area contributed by atoms with Gasteiger partial charge in [-0.3, -0.25) is 0 Å². The lowest BCUT2D eigenvalue weighted by Gasteiger charge is -2.28. The summed E-state index contributed by atoms with van der Waals surface area (Å²) in [5, 5.41) is 19.2. The molecule has 144 valence electrons. The first-order valence-electron chi connectivity index (χ1n) is 9.33. The number of nitrogens with one attached hydrogen (secondary N) is 2. The molecule has 26 heavy (non-hydrogen) atoms. The maximum absolute atomic E-state index is 10.8. The van der Waals surface area contributed by atoms with Crippen LogP contribution in [0.15, 0.2) is 33.2 Å². The molecule has 2 aromatic rings. The van der Waals surface area contributed by atoms with Gasteiger partial charge in [-0.2, -0.15) is 0 Å². The molecule has 0 radical (unpaired) electrons. The van der Waals surface area contributed by atoms with Gasteiger partial charge in [0.1, 0.15) is 12.0 Å². The summed E-state index contributed by atoms with van der Waals surface area (Å²) in [4.78, 5) is 10.1. The van der Waals surface area contributed by atoms with Crippen LogP contribution < -0.4 is 10.6 Å². The summed E-state index contributed by atoms with van der Waals surface area (Å²) in [5.74, 6) is 1.31. The zero-order valence-corrected chi connectivity index (χ0v) is 16.7. The van der Waals surface area contributed by atoms with Crippen molar-refractivity contribution < 1.29 is 9.52 Å². The highest BCUT2D eigenvalue weighted by molar-refractivity contribution is 7.13. The molecule has 0 amide bonds. The fourth-order valence-electron chi connectivity index (χ4n) is 2.88. The molecule has 0 aliphatic heterocycles. The number of oxazole rings is 1. The van der Waals surface area contributed by atoms with E-state index in [0.717, 1.165) is 42.8 Å². The molecule has 7 heteroatoms. The largest absolute Gasteiger partial charge is 0.443 e. The molecule has 2 rings (SSSR count). The third kappa shape index (κ3) is 6.14. The molecule has 0 fully saturated rings. The van der Waals surface area contributed by atoms with Crippen LogP contribution in [0, 0.1) is 0 Å². The topological polar surface area (TPSA) is 82.7 Å². The van der Waals surface area contributed by atoms with Gasteiger partial charge in [-0.25, -0.2) is 9.98 Å². The molecule has 3 N–H and O–H groups in total. The quantitative estimate of drug-likeness (QED) is 0.433. The summed E-state index contributed by atoms with van der Waals surface area (Å²) >= 11 is 1.60. The number of aliphatic imine (C=N–C) groups is 1. The highest BCUT2D eigenvalue weighted by Gasteiger charge is 2.24. The van der Waals surface area contributed by atoms with Gasteiger partial charge < -0.3 is 20.2 Å². The minimum atomic E-state index is -0.695. The summed E-state index contributed by atoms with van der Waals surface area (Å²) < 4.78 is 5.53.